The van der Waals surface area contributed by atoms with Gasteiger partial charge < -0.3 is 19.7 Å². The number of amides is 1. The first kappa shape index (κ1) is 18.9. The van der Waals surface area contributed by atoms with Crippen LogP contribution in [0.1, 0.15) is 39.9 Å². The van der Waals surface area contributed by atoms with Gasteiger partial charge in [-0.3, -0.25) is 4.79 Å². The summed E-state index contributed by atoms with van der Waals surface area (Å²) in [5.74, 6) is 0.276. The molecule has 0 radical (unpaired) electrons. The summed E-state index contributed by atoms with van der Waals surface area (Å²) < 4.78 is 11.5. The Hall–Kier alpha value is -2.44. The van der Waals surface area contributed by atoms with E-state index in [0.717, 1.165) is 24.3 Å². The highest BCUT2D eigenvalue weighted by Gasteiger charge is 2.40. The molecule has 28 heavy (non-hydrogen) atoms. The lowest BCUT2D eigenvalue weighted by molar-refractivity contribution is -0.181. The van der Waals surface area contributed by atoms with Crippen LogP contribution in [0.5, 0.6) is 0 Å². The van der Waals surface area contributed by atoms with Gasteiger partial charge in [0.2, 0.25) is 0 Å². The van der Waals surface area contributed by atoms with Crippen LogP contribution >= 0.6 is 0 Å². The fraction of sp³-hybridized carbons (Fsp3) is 0.455. The minimum atomic E-state index is -0.466. The molecule has 6 nitrogen and oxygen atoms in total. The van der Waals surface area contributed by atoms with Gasteiger partial charge >= 0.3 is 0 Å². The lowest BCUT2D eigenvalue weighted by atomic mass is 10.0. The Bertz CT molecular complexity index is 840. The Labute approximate surface area is 165 Å². The minimum absolute atomic E-state index is 0.00888. The van der Waals surface area contributed by atoms with Gasteiger partial charge in [0.05, 0.1) is 18.8 Å². The van der Waals surface area contributed by atoms with Crippen molar-refractivity contribution in [3.05, 3.63) is 52.7 Å². The van der Waals surface area contributed by atoms with Crippen molar-refractivity contribution in [1.82, 2.24) is 9.88 Å². The molecule has 2 aromatic rings. The molecular formula is C22H27N3O3. The first-order chi connectivity index (χ1) is 13.5. The van der Waals surface area contributed by atoms with Gasteiger partial charge in [-0.25, -0.2) is 4.98 Å². The molecule has 1 spiro atoms. The molecule has 1 aromatic heterocycles. The largest absolute Gasteiger partial charge is 0.347 e. The number of anilines is 2. The van der Waals surface area contributed by atoms with E-state index in [1.165, 1.54) is 16.7 Å². The fourth-order valence-electron chi connectivity index (χ4n) is 4.12. The molecule has 2 fully saturated rings. The number of nitrogens with zero attached hydrogens (tertiary/aromatic N) is 2. The zero-order chi connectivity index (χ0) is 19.7. The highest BCUT2D eigenvalue weighted by atomic mass is 16.7. The maximum Gasteiger partial charge on any atom is 0.255 e. The average molecular weight is 381 g/mol. The molecule has 2 aliphatic heterocycles. The summed E-state index contributed by atoms with van der Waals surface area (Å²) in [5.41, 5.74) is 5.27. The van der Waals surface area contributed by atoms with E-state index in [0.29, 0.717) is 31.9 Å². The maximum atomic E-state index is 12.8. The third-order valence-electron chi connectivity index (χ3n) is 5.57. The van der Waals surface area contributed by atoms with Crippen LogP contribution in [-0.4, -0.2) is 47.9 Å². The Balaban J connectivity index is 1.41. The van der Waals surface area contributed by atoms with Crippen molar-refractivity contribution in [2.45, 2.75) is 39.4 Å². The lowest BCUT2D eigenvalue weighted by Crippen LogP contribution is -2.47. The van der Waals surface area contributed by atoms with E-state index < -0.39 is 5.79 Å². The van der Waals surface area contributed by atoms with Gasteiger partial charge in [0.25, 0.3) is 5.91 Å². The van der Waals surface area contributed by atoms with Crippen molar-refractivity contribution in [2.24, 2.45) is 0 Å². The van der Waals surface area contributed by atoms with E-state index in [1.54, 1.807) is 6.20 Å². The van der Waals surface area contributed by atoms with E-state index in [9.17, 15) is 4.79 Å². The molecule has 1 N–H and O–H groups in total. The van der Waals surface area contributed by atoms with Gasteiger partial charge in [0, 0.05) is 37.8 Å². The highest BCUT2D eigenvalue weighted by Crippen LogP contribution is 2.32. The number of nitrogens with one attached hydrogen (secondary N) is 1. The molecule has 3 heterocycles. The predicted molar refractivity (Wildman–Crippen MR) is 108 cm³/mol. The third kappa shape index (κ3) is 3.75. The molecule has 1 amide bonds. The molecule has 148 valence electrons. The molecule has 0 atom stereocenters. The summed E-state index contributed by atoms with van der Waals surface area (Å²) in [7, 11) is 0. The lowest BCUT2D eigenvalue weighted by Gasteiger charge is -2.37. The SMILES string of the molecule is Cc1cc(C)c(Nc2ccc(C(=O)N3CCC4(CC3)OCCO4)cn2)c(C)c1. The summed E-state index contributed by atoms with van der Waals surface area (Å²) in [6.45, 7) is 8.83. The van der Waals surface area contributed by atoms with Crippen LogP contribution < -0.4 is 5.32 Å². The standard InChI is InChI=1S/C22H27N3O3/c1-15-12-16(2)20(17(3)13-15)24-19-5-4-18(14-23-19)21(26)25-8-6-22(7-9-25)27-10-11-28-22/h4-5,12-14H,6-11H2,1-3H3,(H,23,24). The smallest absolute Gasteiger partial charge is 0.255 e. The zero-order valence-corrected chi connectivity index (χ0v) is 16.7. The van der Waals surface area contributed by atoms with Gasteiger partial charge in [-0.1, -0.05) is 17.7 Å². The first-order valence-electron chi connectivity index (χ1n) is 9.84. The number of carbonyl (C=O) groups excluding carboxylic acids is 1. The number of likely N-dealkylation sites (tertiary alicyclic amines) is 1. The average Bonchev–Trinajstić information content (AvgIpc) is 3.13. The van der Waals surface area contributed by atoms with Gasteiger partial charge in [-0.2, -0.15) is 0 Å². The Morgan fingerprint density at radius 3 is 2.29 bits per heavy atom. The van der Waals surface area contributed by atoms with Crippen LogP contribution in [0.3, 0.4) is 0 Å². The van der Waals surface area contributed by atoms with E-state index in [1.807, 2.05) is 17.0 Å². The Morgan fingerprint density at radius 2 is 1.71 bits per heavy atom. The van der Waals surface area contributed by atoms with E-state index in [-0.39, 0.29) is 5.91 Å². The summed E-state index contributed by atoms with van der Waals surface area (Å²) in [4.78, 5) is 19.1. The quantitative estimate of drug-likeness (QED) is 0.878. The van der Waals surface area contributed by atoms with Crippen LogP contribution in [0.4, 0.5) is 11.5 Å². The van der Waals surface area contributed by atoms with Crippen molar-refractivity contribution in [3.63, 3.8) is 0 Å². The number of hydrogen-bond donors (Lipinski definition) is 1. The molecule has 1 aromatic carbocycles. The van der Waals surface area contributed by atoms with Gasteiger partial charge in [-0.15, -0.1) is 0 Å². The second-order valence-electron chi connectivity index (χ2n) is 7.73. The van der Waals surface area contributed by atoms with Crippen molar-refractivity contribution < 1.29 is 14.3 Å². The molecule has 0 unspecified atom stereocenters. The van der Waals surface area contributed by atoms with Crippen LogP contribution in [0.25, 0.3) is 0 Å². The first-order valence-corrected chi connectivity index (χ1v) is 9.84. The molecule has 2 saturated heterocycles. The molecular weight excluding hydrogens is 354 g/mol. The maximum absolute atomic E-state index is 12.8. The number of carbonyl (C=O) groups is 1. The molecule has 2 aliphatic rings. The summed E-state index contributed by atoms with van der Waals surface area (Å²) in [5, 5.41) is 3.38. The van der Waals surface area contributed by atoms with Gasteiger partial charge in [0.1, 0.15) is 5.82 Å². The van der Waals surface area contributed by atoms with Gasteiger partial charge in [-0.05, 0) is 44.0 Å². The van der Waals surface area contributed by atoms with E-state index >= 15 is 0 Å². The van der Waals surface area contributed by atoms with Crippen molar-refractivity contribution in [3.8, 4) is 0 Å². The molecule has 0 bridgehead atoms. The number of hydrogen-bond acceptors (Lipinski definition) is 5. The van der Waals surface area contributed by atoms with Gasteiger partial charge in [0.15, 0.2) is 5.79 Å². The summed E-state index contributed by atoms with van der Waals surface area (Å²) in [6, 6.07) is 7.99. The topological polar surface area (TPSA) is 63.7 Å². The molecule has 0 aliphatic carbocycles. The number of aryl methyl sites for hydroxylation is 3. The molecule has 0 saturated carbocycles. The Morgan fingerprint density at radius 1 is 1.07 bits per heavy atom. The normalized spacial score (nSPS) is 18.5. The molecule has 6 heteroatoms. The number of ether oxygens (including phenoxy) is 2. The van der Waals surface area contributed by atoms with Crippen LogP contribution in [0.15, 0.2) is 30.5 Å². The summed E-state index contributed by atoms with van der Waals surface area (Å²) in [6.07, 6.45) is 3.09. The van der Waals surface area contributed by atoms with E-state index in [2.05, 4.69) is 43.2 Å². The highest BCUT2D eigenvalue weighted by molar-refractivity contribution is 5.94. The zero-order valence-electron chi connectivity index (χ0n) is 16.7. The second kappa shape index (κ2) is 7.53. The van der Waals surface area contributed by atoms with Crippen molar-refractivity contribution >= 4 is 17.4 Å². The van der Waals surface area contributed by atoms with Crippen LogP contribution in [-0.2, 0) is 9.47 Å². The number of piperidine rings is 1. The van der Waals surface area contributed by atoms with Crippen LogP contribution in [0.2, 0.25) is 0 Å². The minimum Gasteiger partial charge on any atom is -0.347 e. The van der Waals surface area contributed by atoms with Crippen molar-refractivity contribution in [2.75, 3.05) is 31.6 Å². The predicted octanol–water partition coefficient (Wildman–Crippen LogP) is 3.73. The van der Waals surface area contributed by atoms with Crippen molar-refractivity contribution in [1.29, 1.82) is 0 Å². The van der Waals surface area contributed by atoms with E-state index in [4.69, 9.17) is 9.47 Å². The number of aromatic nitrogens is 1. The fourth-order valence-corrected chi connectivity index (χ4v) is 4.12. The number of pyridine rings is 1. The number of rotatable bonds is 3. The monoisotopic (exact) mass is 381 g/mol. The second-order valence-corrected chi connectivity index (χ2v) is 7.73. The van der Waals surface area contributed by atoms with Crippen LogP contribution in [0, 0.1) is 20.8 Å². The third-order valence-corrected chi connectivity index (χ3v) is 5.57. The molecule has 4 rings (SSSR count). The number of benzene rings is 1. The Kier molecular flexibility index (Phi) is 5.08. The summed E-state index contributed by atoms with van der Waals surface area (Å²) >= 11 is 0.